The van der Waals surface area contributed by atoms with Gasteiger partial charge in [0, 0.05) is 13.1 Å². The number of carbonyl (C=O) groups is 1. The Kier molecular flexibility index (Phi) is 5.71. The summed E-state index contributed by atoms with van der Waals surface area (Å²) in [6.07, 6.45) is 1.68. The van der Waals surface area contributed by atoms with Gasteiger partial charge in [-0.1, -0.05) is 17.8 Å². The highest BCUT2D eigenvalue weighted by atomic mass is 32.2. The van der Waals surface area contributed by atoms with Gasteiger partial charge in [0.15, 0.2) is 16.7 Å². The number of aromatic amines is 1. The molecule has 0 saturated heterocycles. The number of benzene rings is 2. The molecule has 3 aromatic rings. The van der Waals surface area contributed by atoms with Crippen molar-refractivity contribution in [2.45, 2.75) is 18.6 Å². The van der Waals surface area contributed by atoms with Crippen LogP contribution in [0.4, 0.5) is 4.39 Å². The Morgan fingerprint density at radius 3 is 2.79 bits per heavy atom. The maximum absolute atomic E-state index is 13.1. The molecule has 8 heteroatoms. The number of halogens is 1. The van der Waals surface area contributed by atoms with Crippen LogP contribution in [0.5, 0.6) is 11.5 Å². The average Bonchev–Trinajstić information content (AvgIpc) is 3.40. The van der Waals surface area contributed by atoms with Gasteiger partial charge in [0.2, 0.25) is 12.7 Å². The predicted octanol–water partition coefficient (Wildman–Crippen LogP) is 4.09. The van der Waals surface area contributed by atoms with E-state index in [0.29, 0.717) is 24.0 Å². The third-order valence-electron chi connectivity index (χ3n) is 4.58. The van der Waals surface area contributed by atoms with Crippen molar-refractivity contribution in [2.75, 3.05) is 19.1 Å². The quantitative estimate of drug-likeness (QED) is 0.591. The minimum atomic E-state index is -0.282. The second-order valence-electron chi connectivity index (χ2n) is 6.49. The van der Waals surface area contributed by atoms with Crippen LogP contribution in [0.25, 0.3) is 11.3 Å². The smallest absolute Gasteiger partial charge is 0.233 e. The lowest BCUT2D eigenvalue weighted by atomic mass is 10.2. The molecule has 0 radical (unpaired) electrons. The molecular formula is C21H20FN3O3S. The van der Waals surface area contributed by atoms with Crippen LogP contribution in [0.2, 0.25) is 0 Å². The molecule has 0 fully saturated rings. The molecule has 0 bridgehead atoms. The number of ether oxygens (including phenoxy) is 2. The second-order valence-corrected chi connectivity index (χ2v) is 7.46. The van der Waals surface area contributed by atoms with Crippen LogP contribution in [0.1, 0.15) is 12.5 Å². The van der Waals surface area contributed by atoms with E-state index in [1.807, 2.05) is 25.1 Å². The van der Waals surface area contributed by atoms with Crippen molar-refractivity contribution < 1.29 is 18.7 Å². The van der Waals surface area contributed by atoms with E-state index >= 15 is 0 Å². The van der Waals surface area contributed by atoms with Crippen LogP contribution in [-0.2, 0) is 11.3 Å². The minimum absolute atomic E-state index is 0.0231. The van der Waals surface area contributed by atoms with Crippen molar-refractivity contribution in [3.63, 3.8) is 0 Å². The Morgan fingerprint density at radius 1 is 1.21 bits per heavy atom. The van der Waals surface area contributed by atoms with E-state index in [2.05, 4.69) is 9.97 Å². The number of H-pyrrole nitrogens is 1. The zero-order chi connectivity index (χ0) is 20.2. The molecule has 0 atom stereocenters. The number of amides is 1. The molecule has 0 unspecified atom stereocenters. The summed E-state index contributed by atoms with van der Waals surface area (Å²) in [5, 5.41) is 0.650. The topological polar surface area (TPSA) is 67.5 Å². The number of nitrogens with one attached hydrogen (secondary N) is 1. The van der Waals surface area contributed by atoms with Crippen LogP contribution in [0.3, 0.4) is 0 Å². The van der Waals surface area contributed by atoms with Gasteiger partial charge in [0.1, 0.15) is 5.82 Å². The fourth-order valence-electron chi connectivity index (χ4n) is 3.01. The summed E-state index contributed by atoms with van der Waals surface area (Å²) in [4.78, 5) is 21.9. The Balaban J connectivity index is 1.35. The third kappa shape index (κ3) is 4.54. The van der Waals surface area contributed by atoms with Gasteiger partial charge in [0.05, 0.1) is 17.6 Å². The molecule has 29 heavy (non-hydrogen) atoms. The highest BCUT2D eigenvalue weighted by molar-refractivity contribution is 7.99. The molecule has 1 aliphatic rings. The third-order valence-corrected chi connectivity index (χ3v) is 5.46. The summed E-state index contributed by atoms with van der Waals surface area (Å²) < 4.78 is 23.8. The van der Waals surface area contributed by atoms with Gasteiger partial charge in [-0.05, 0) is 54.4 Å². The lowest BCUT2D eigenvalue weighted by Gasteiger charge is -2.20. The molecule has 0 saturated carbocycles. The van der Waals surface area contributed by atoms with Crippen molar-refractivity contribution in [3.05, 3.63) is 60.0 Å². The van der Waals surface area contributed by atoms with Crippen LogP contribution in [0.15, 0.2) is 53.8 Å². The highest BCUT2D eigenvalue weighted by Crippen LogP contribution is 2.33. The molecular weight excluding hydrogens is 393 g/mol. The average molecular weight is 413 g/mol. The fraction of sp³-hybridized carbons (Fsp3) is 0.238. The molecule has 6 nitrogen and oxygen atoms in total. The molecule has 1 amide bonds. The lowest BCUT2D eigenvalue weighted by Crippen LogP contribution is -2.31. The van der Waals surface area contributed by atoms with Crippen LogP contribution >= 0.6 is 11.8 Å². The number of carbonyl (C=O) groups excluding carboxylic acids is 1. The van der Waals surface area contributed by atoms with Crippen molar-refractivity contribution in [3.8, 4) is 22.8 Å². The number of imidazole rings is 1. The summed E-state index contributed by atoms with van der Waals surface area (Å²) in [7, 11) is 0. The normalized spacial score (nSPS) is 12.2. The summed E-state index contributed by atoms with van der Waals surface area (Å²) >= 11 is 1.34. The number of hydrogen-bond donors (Lipinski definition) is 1. The Labute approximate surface area is 172 Å². The molecule has 150 valence electrons. The first-order valence-electron chi connectivity index (χ1n) is 9.22. The summed E-state index contributed by atoms with van der Waals surface area (Å²) in [5.74, 6) is 1.46. The highest BCUT2D eigenvalue weighted by Gasteiger charge is 2.17. The summed E-state index contributed by atoms with van der Waals surface area (Å²) in [6.45, 7) is 3.29. The van der Waals surface area contributed by atoms with Gasteiger partial charge in [0.25, 0.3) is 0 Å². The predicted molar refractivity (Wildman–Crippen MR) is 108 cm³/mol. The van der Waals surface area contributed by atoms with E-state index in [-0.39, 0.29) is 24.3 Å². The van der Waals surface area contributed by atoms with E-state index < -0.39 is 0 Å². The van der Waals surface area contributed by atoms with E-state index in [4.69, 9.17) is 9.47 Å². The molecule has 0 spiro atoms. The van der Waals surface area contributed by atoms with Crippen molar-refractivity contribution in [1.82, 2.24) is 14.9 Å². The molecule has 2 heterocycles. The minimum Gasteiger partial charge on any atom is -0.454 e. The number of thioether (sulfide) groups is 1. The zero-order valence-electron chi connectivity index (χ0n) is 15.9. The van der Waals surface area contributed by atoms with E-state index in [0.717, 1.165) is 22.6 Å². The standard InChI is InChI=1S/C21H20FN3O3S/c1-2-25(11-14-3-8-18-19(9-14)28-13-27-18)20(26)12-29-21-23-10-17(24-21)15-4-6-16(22)7-5-15/h3-10H,2,11-13H2,1H3,(H,23,24). The molecule has 0 aliphatic carbocycles. The monoisotopic (exact) mass is 413 g/mol. The number of hydrogen-bond acceptors (Lipinski definition) is 5. The zero-order valence-corrected chi connectivity index (χ0v) is 16.7. The number of aromatic nitrogens is 2. The number of nitrogens with zero attached hydrogens (tertiary/aromatic N) is 2. The molecule has 4 rings (SSSR count). The van der Waals surface area contributed by atoms with Gasteiger partial charge in [-0.3, -0.25) is 4.79 Å². The van der Waals surface area contributed by atoms with E-state index in [1.165, 1.54) is 23.9 Å². The Bertz CT molecular complexity index is 1010. The van der Waals surface area contributed by atoms with Crippen molar-refractivity contribution >= 4 is 17.7 Å². The summed E-state index contributed by atoms with van der Waals surface area (Å²) in [6, 6.07) is 11.9. The molecule has 1 N–H and O–H groups in total. The van der Waals surface area contributed by atoms with Crippen LogP contribution in [-0.4, -0.2) is 39.9 Å². The first-order valence-corrected chi connectivity index (χ1v) is 10.2. The first-order chi connectivity index (χ1) is 14.1. The Hall–Kier alpha value is -3.00. The Morgan fingerprint density at radius 2 is 2.00 bits per heavy atom. The van der Waals surface area contributed by atoms with Crippen LogP contribution in [0, 0.1) is 5.82 Å². The molecule has 1 aromatic heterocycles. The number of rotatable bonds is 7. The van der Waals surface area contributed by atoms with Gasteiger partial charge in [-0.15, -0.1) is 0 Å². The fourth-order valence-corrected chi connectivity index (χ4v) is 3.76. The SMILES string of the molecule is CCN(Cc1ccc2c(c1)OCO2)C(=O)CSc1ncc(-c2ccc(F)cc2)[nH]1. The first kappa shape index (κ1) is 19.3. The van der Waals surface area contributed by atoms with Gasteiger partial charge in [-0.25, -0.2) is 9.37 Å². The summed E-state index contributed by atoms with van der Waals surface area (Å²) in [5.41, 5.74) is 2.62. The maximum Gasteiger partial charge on any atom is 0.233 e. The molecule has 1 aliphatic heterocycles. The van der Waals surface area contributed by atoms with E-state index in [9.17, 15) is 9.18 Å². The maximum atomic E-state index is 13.1. The molecule has 2 aromatic carbocycles. The van der Waals surface area contributed by atoms with Crippen molar-refractivity contribution in [2.24, 2.45) is 0 Å². The van der Waals surface area contributed by atoms with Gasteiger partial charge < -0.3 is 19.4 Å². The second kappa shape index (κ2) is 8.57. The van der Waals surface area contributed by atoms with E-state index in [1.54, 1.807) is 23.2 Å². The van der Waals surface area contributed by atoms with Gasteiger partial charge >= 0.3 is 0 Å². The lowest BCUT2D eigenvalue weighted by molar-refractivity contribution is -0.128. The number of fused-ring (bicyclic) bond motifs is 1. The largest absolute Gasteiger partial charge is 0.454 e. The van der Waals surface area contributed by atoms with Gasteiger partial charge in [-0.2, -0.15) is 0 Å². The van der Waals surface area contributed by atoms with Crippen molar-refractivity contribution in [1.29, 1.82) is 0 Å². The van der Waals surface area contributed by atoms with Crippen LogP contribution < -0.4 is 9.47 Å².